The maximum atomic E-state index is 9.62. The van der Waals surface area contributed by atoms with E-state index in [1.54, 1.807) is 0 Å². The van der Waals surface area contributed by atoms with Crippen LogP contribution in [0.15, 0.2) is 74.2 Å². The molecule has 6 heteroatoms. The summed E-state index contributed by atoms with van der Waals surface area (Å²) in [7, 11) is 0. The van der Waals surface area contributed by atoms with Crippen molar-refractivity contribution in [1.82, 2.24) is 4.98 Å². The molecule has 0 radical (unpaired) electrons. The summed E-state index contributed by atoms with van der Waals surface area (Å²) in [6.07, 6.45) is 0. The lowest BCUT2D eigenvalue weighted by Gasteiger charge is -2.08. The number of benzene rings is 2. The van der Waals surface area contributed by atoms with Gasteiger partial charge in [0.2, 0.25) is 0 Å². The van der Waals surface area contributed by atoms with Crippen molar-refractivity contribution in [1.29, 1.82) is 5.26 Å². The number of nitrogens with one attached hydrogen (secondary N) is 1. The van der Waals surface area contributed by atoms with Crippen molar-refractivity contribution < 1.29 is 0 Å². The van der Waals surface area contributed by atoms with Crippen LogP contribution in [0.1, 0.15) is 26.1 Å². The van der Waals surface area contributed by atoms with Crippen LogP contribution in [0, 0.1) is 11.3 Å². The topological polar surface area (TPSA) is 39.6 Å². The van der Waals surface area contributed by atoms with Crippen LogP contribution in [0.5, 0.6) is 0 Å². The quantitative estimate of drug-likeness (QED) is 0.523. The molecule has 0 bridgehead atoms. The van der Waals surface area contributed by atoms with E-state index in [9.17, 15) is 5.26 Å². The molecule has 0 amide bonds. The van der Waals surface area contributed by atoms with E-state index in [1.165, 1.54) is 19.6 Å². The summed E-state index contributed by atoms with van der Waals surface area (Å²) in [5.41, 5.74) is 2.95. The van der Waals surface area contributed by atoms with Crippen LogP contribution in [-0.4, -0.2) is 4.98 Å². The molecule has 0 spiro atoms. The Hall–Kier alpha value is -1.39. The van der Waals surface area contributed by atoms with E-state index >= 15 is 0 Å². The third kappa shape index (κ3) is 2.80. The Bertz CT molecular complexity index is 955. The van der Waals surface area contributed by atoms with Crippen LogP contribution in [-0.2, 0) is 0 Å². The first-order chi connectivity index (χ1) is 12.3. The molecule has 3 aromatic rings. The molecule has 2 aromatic carbocycles. The van der Waals surface area contributed by atoms with Gasteiger partial charge in [-0.05, 0) is 30.3 Å². The van der Waals surface area contributed by atoms with E-state index in [2.05, 4.69) is 59.6 Å². The van der Waals surface area contributed by atoms with Crippen molar-refractivity contribution in [3.05, 3.63) is 71.5 Å². The highest BCUT2D eigenvalue weighted by Gasteiger charge is 2.31. The molecule has 0 atom stereocenters. The molecule has 0 aliphatic carbocycles. The summed E-state index contributed by atoms with van der Waals surface area (Å²) < 4.78 is 0.511. The van der Waals surface area contributed by atoms with Gasteiger partial charge in [-0.15, -0.1) is 47.0 Å². The van der Waals surface area contributed by atoms with Gasteiger partial charge < -0.3 is 4.98 Å². The number of aromatic nitrogens is 1. The van der Waals surface area contributed by atoms with Crippen molar-refractivity contribution >= 4 is 47.0 Å². The van der Waals surface area contributed by atoms with Crippen LogP contribution >= 0.6 is 47.0 Å². The maximum Gasteiger partial charge on any atom is 0.101 e. The lowest BCUT2D eigenvalue weighted by Crippen LogP contribution is -1.90. The molecule has 2 aliphatic rings. The second kappa shape index (κ2) is 6.40. The summed E-state index contributed by atoms with van der Waals surface area (Å²) in [6.45, 7) is 0. The third-order valence-corrected chi connectivity index (χ3v) is 9.80. The number of H-pyrrole nitrogens is 1. The van der Waals surface area contributed by atoms with Crippen molar-refractivity contribution in [2.24, 2.45) is 0 Å². The Kier molecular flexibility index (Phi) is 4.05. The lowest BCUT2D eigenvalue weighted by atomic mass is 10.3. The molecular weight excluding hydrogens is 384 g/mol. The molecule has 2 nitrogen and oxygen atoms in total. The first kappa shape index (κ1) is 15.8. The smallest absolute Gasteiger partial charge is 0.101 e. The Morgan fingerprint density at radius 3 is 1.72 bits per heavy atom. The second-order valence-electron chi connectivity index (χ2n) is 5.69. The van der Waals surface area contributed by atoms with Crippen LogP contribution in [0.2, 0.25) is 0 Å². The molecule has 25 heavy (non-hydrogen) atoms. The lowest BCUT2D eigenvalue weighted by molar-refractivity contribution is 1.13. The molecule has 122 valence electrons. The van der Waals surface area contributed by atoms with Crippen LogP contribution in [0.4, 0.5) is 0 Å². The van der Waals surface area contributed by atoms with E-state index in [4.69, 9.17) is 0 Å². The van der Waals surface area contributed by atoms with Gasteiger partial charge in [0.25, 0.3) is 0 Å². The van der Waals surface area contributed by atoms with Gasteiger partial charge in [0.1, 0.15) is 10.7 Å². The SMILES string of the molecule is N#Cc1cc(C2Sc3ccccc3S2)[nH]c1C1Sc2ccccc2S1. The first-order valence-corrected chi connectivity index (χ1v) is 11.3. The number of thioether (sulfide) groups is 4. The van der Waals surface area contributed by atoms with E-state index in [0.717, 1.165) is 17.0 Å². The van der Waals surface area contributed by atoms with Crippen molar-refractivity contribution in [3.63, 3.8) is 0 Å². The number of fused-ring (bicyclic) bond motifs is 2. The number of hydrogen-bond donors (Lipinski definition) is 1. The van der Waals surface area contributed by atoms with E-state index in [1.807, 2.05) is 53.1 Å². The monoisotopic (exact) mass is 396 g/mol. The first-order valence-electron chi connectivity index (χ1n) is 7.79. The summed E-state index contributed by atoms with van der Waals surface area (Å²) in [5, 5.41) is 9.62. The average molecular weight is 397 g/mol. The van der Waals surface area contributed by atoms with Crippen LogP contribution in [0.25, 0.3) is 0 Å². The molecule has 0 fully saturated rings. The number of nitriles is 1. The Morgan fingerprint density at radius 2 is 1.24 bits per heavy atom. The van der Waals surface area contributed by atoms with Crippen molar-refractivity contribution in [2.75, 3.05) is 0 Å². The van der Waals surface area contributed by atoms with Gasteiger partial charge in [0, 0.05) is 25.3 Å². The third-order valence-electron chi connectivity index (χ3n) is 4.11. The van der Waals surface area contributed by atoms with E-state index in [0.29, 0.717) is 0 Å². The summed E-state index contributed by atoms with van der Waals surface area (Å²) in [6, 6.07) is 21.4. The fourth-order valence-corrected chi connectivity index (χ4v) is 8.55. The zero-order valence-electron chi connectivity index (χ0n) is 12.9. The molecular formula is C19H12N2S4. The van der Waals surface area contributed by atoms with Crippen molar-refractivity contribution in [3.8, 4) is 6.07 Å². The fourth-order valence-electron chi connectivity index (χ4n) is 2.94. The van der Waals surface area contributed by atoms with Gasteiger partial charge in [-0.2, -0.15) is 5.26 Å². The van der Waals surface area contributed by atoms with Gasteiger partial charge in [-0.25, -0.2) is 0 Å². The fraction of sp³-hybridized carbons (Fsp3) is 0.105. The van der Waals surface area contributed by atoms with Gasteiger partial charge >= 0.3 is 0 Å². The zero-order valence-corrected chi connectivity index (χ0v) is 16.2. The molecule has 0 unspecified atom stereocenters. The largest absolute Gasteiger partial charge is 0.358 e. The summed E-state index contributed by atoms with van der Waals surface area (Å²) in [5.74, 6) is 0. The predicted octanol–water partition coefficient (Wildman–Crippen LogP) is 6.68. The predicted molar refractivity (Wildman–Crippen MR) is 107 cm³/mol. The molecule has 0 saturated carbocycles. The molecule has 0 saturated heterocycles. The zero-order chi connectivity index (χ0) is 16.8. The summed E-state index contributed by atoms with van der Waals surface area (Å²) in [4.78, 5) is 8.83. The number of nitrogens with zero attached hydrogens (tertiary/aromatic N) is 1. The number of aromatic amines is 1. The molecule has 5 rings (SSSR count). The van der Waals surface area contributed by atoms with E-state index in [-0.39, 0.29) is 9.16 Å². The Morgan fingerprint density at radius 1 is 0.760 bits per heavy atom. The molecule has 1 aromatic heterocycles. The molecule has 1 N–H and O–H groups in total. The highest BCUT2D eigenvalue weighted by atomic mass is 32.2. The standard InChI is InChI=1S/C19H12N2S4/c20-10-11-9-12(18-22-13-5-1-2-6-14(13)23-18)21-17(11)19-24-15-7-3-4-8-16(15)25-19/h1-9,18-19,21H. The van der Waals surface area contributed by atoms with Crippen molar-refractivity contribution in [2.45, 2.75) is 28.7 Å². The highest BCUT2D eigenvalue weighted by Crippen LogP contribution is 2.59. The minimum Gasteiger partial charge on any atom is -0.358 e. The average Bonchev–Trinajstić information content (AvgIpc) is 3.35. The second-order valence-corrected chi connectivity index (χ2v) is 10.9. The maximum absolute atomic E-state index is 9.62. The van der Waals surface area contributed by atoms with Gasteiger partial charge in [-0.1, -0.05) is 24.3 Å². The van der Waals surface area contributed by atoms with Crippen LogP contribution < -0.4 is 0 Å². The van der Waals surface area contributed by atoms with Gasteiger partial charge in [0.05, 0.1) is 15.8 Å². The minimum atomic E-state index is 0.222. The van der Waals surface area contributed by atoms with Crippen LogP contribution in [0.3, 0.4) is 0 Å². The Balaban J connectivity index is 1.45. The molecule has 3 heterocycles. The number of rotatable bonds is 2. The van der Waals surface area contributed by atoms with E-state index < -0.39 is 0 Å². The summed E-state index contributed by atoms with van der Waals surface area (Å²) >= 11 is 7.38. The minimum absolute atomic E-state index is 0.222. The Labute approximate surface area is 163 Å². The molecule has 2 aliphatic heterocycles. The van der Waals surface area contributed by atoms with Gasteiger partial charge in [-0.3, -0.25) is 0 Å². The number of hydrogen-bond acceptors (Lipinski definition) is 5. The highest BCUT2D eigenvalue weighted by molar-refractivity contribution is 8.19. The van der Waals surface area contributed by atoms with Gasteiger partial charge in [0.15, 0.2) is 0 Å². The normalized spacial score (nSPS) is 16.6.